The predicted octanol–water partition coefficient (Wildman–Crippen LogP) is 3.68. The lowest BCUT2D eigenvalue weighted by atomic mass is 9.95. The summed E-state index contributed by atoms with van der Waals surface area (Å²) in [5.41, 5.74) is 2.51. The molecule has 0 radical (unpaired) electrons. The average molecular weight is 647 g/mol. The molecular formula is C26H21Br2N3O5S. The van der Waals surface area contributed by atoms with Crippen LogP contribution in [0.1, 0.15) is 31.0 Å². The summed E-state index contributed by atoms with van der Waals surface area (Å²) in [5.74, 6) is -0.357. The molecule has 1 atom stereocenters. The Bertz CT molecular complexity index is 1710. The van der Waals surface area contributed by atoms with Crippen molar-refractivity contribution in [2.24, 2.45) is 4.99 Å². The molecule has 1 amide bonds. The molecule has 1 aromatic heterocycles. The largest absolute Gasteiger partial charge is 0.496 e. The zero-order valence-electron chi connectivity index (χ0n) is 20.3. The van der Waals surface area contributed by atoms with Gasteiger partial charge >= 0.3 is 5.97 Å². The molecule has 0 saturated heterocycles. The third-order valence-electron chi connectivity index (χ3n) is 6.31. The molecule has 11 heteroatoms. The summed E-state index contributed by atoms with van der Waals surface area (Å²) < 4.78 is 14.2. The number of carbonyl (C=O) groups is 2. The van der Waals surface area contributed by atoms with Gasteiger partial charge in [0.1, 0.15) is 16.3 Å². The molecule has 37 heavy (non-hydrogen) atoms. The van der Waals surface area contributed by atoms with Gasteiger partial charge in [0, 0.05) is 27.1 Å². The van der Waals surface area contributed by atoms with E-state index in [1.54, 1.807) is 27.0 Å². The summed E-state index contributed by atoms with van der Waals surface area (Å²) in [6, 6.07) is 10.0. The second-order valence-corrected chi connectivity index (χ2v) is 11.2. The second kappa shape index (κ2) is 9.70. The number of nitrogens with zero attached hydrogens (tertiary/aromatic N) is 3. The van der Waals surface area contributed by atoms with Crippen molar-refractivity contribution in [1.82, 2.24) is 4.57 Å². The molecule has 3 aromatic rings. The van der Waals surface area contributed by atoms with Crippen molar-refractivity contribution in [1.29, 1.82) is 0 Å². The van der Waals surface area contributed by atoms with E-state index in [4.69, 9.17) is 9.47 Å². The summed E-state index contributed by atoms with van der Waals surface area (Å²) >= 11 is 8.10. The first kappa shape index (κ1) is 25.6. The van der Waals surface area contributed by atoms with E-state index in [0.29, 0.717) is 38.6 Å². The number of hydrogen-bond donors (Lipinski definition) is 0. The van der Waals surface area contributed by atoms with Crippen molar-refractivity contribution in [3.05, 3.63) is 87.4 Å². The fourth-order valence-corrected chi connectivity index (χ4v) is 6.54. The number of thiazole rings is 1. The van der Waals surface area contributed by atoms with Crippen LogP contribution < -0.4 is 24.5 Å². The standard InChI is InChI=1S/C26H21Br2N3O5S/c1-5-36-25(34)19-12(2)29-26-31(21(19)16-11-14(28)7-9-18(16)35-4)24(33)22(37-26)20-15-10-13(27)6-8-17(15)30(3)23(20)32/h6-11,21H,5H2,1-4H3/b22-20+/t21-/m1/s1. The van der Waals surface area contributed by atoms with Gasteiger partial charge in [-0.2, -0.15) is 0 Å². The molecule has 5 rings (SSSR count). The normalized spacial score (nSPS) is 17.9. The molecule has 0 aliphatic carbocycles. The summed E-state index contributed by atoms with van der Waals surface area (Å²) in [5, 5.41) is 0. The Balaban J connectivity index is 1.88. The number of ether oxygens (including phenoxy) is 2. The van der Waals surface area contributed by atoms with E-state index < -0.39 is 17.6 Å². The van der Waals surface area contributed by atoms with Gasteiger partial charge in [-0.1, -0.05) is 43.2 Å². The van der Waals surface area contributed by atoms with Gasteiger partial charge in [0.25, 0.3) is 11.5 Å². The lowest BCUT2D eigenvalue weighted by Crippen LogP contribution is -2.41. The number of rotatable bonds is 4. The van der Waals surface area contributed by atoms with Crippen molar-refractivity contribution >= 4 is 66.3 Å². The van der Waals surface area contributed by atoms with E-state index in [-0.39, 0.29) is 22.6 Å². The minimum Gasteiger partial charge on any atom is -0.496 e. The van der Waals surface area contributed by atoms with Gasteiger partial charge in [0.15, 0.2) is 4.80 Å². The fourth-order valence-electron chi connectivity index (χ4n) is 4.67. The Kier molecular flexibility index (Phi) is 6.71. The van der Waals surface area contributed by atoms with E-state index >= 15 is 0 Å². The molecule has 3 heterocycles. The molecule has 8 nitrogen and oxygen atoms in total. The van der Waals surface area contributed by atoms with Gasteiger partial charge in [-0.25, -0.2) is 9.79 Å². The third-order valence-corrected chi connectivity index (χ3v) is 8.35. The Morgan fingerprint density at radius 1 is 1.14 bits per heavy atom. The van der Waals surface area contributed by atoms with Crippen LogP contribution in [0.4, 0.5) is 5.69 Å². The van der Waals surface area contributed by atoms with E-state index in [1.165, 1.54) is 16.6 Å². The number of halogens is 2. The molecule has 2 aliphatic rings. The summed E-state index contributed by atoms with van der Waals surface area (Å²) in [6.45, 7) is 3.60. The first-order chi connectivity index (χ1) is 17.7. The van der Waals surface area contributed by atoms with E-state index in [2.05, 4.69) is 36.9 Å². The number of benzene rings is 2. The highest BCUT2D eigenvalue weighted by molar-refractivity contribution is 9.10. The second-order valence-electron chi connectivity index (χ2n) is 8.41. The number of likely N-dealkylation sites (N-methyl/N-ethyl adjacent to an activating group) is 1. The van der Waals surface area contributed by atoms with Gasteiger partial charge in [0.05, 0.1) is 36.2 Å². The number of allylic oxidation sites excluding steroid dienone is 1. The molecule has 0 unspecified atom stereocenters. The van der Waals surface area contributed by atoms with Crippen LogP contribution in [0.15, 0.2) is 66.4 Å². The topological polar surface area (TPSA) is 90.2 Å². The minimum atomic E-state index is -0.867. The smallest absolute Gasteiger partial charge is 0.338 e. The van der Waals surface area contributed by atoms with Crippen molar-refractivity contribution < 1.29 is 19.1 Å². The number of carbonyl (C=O) groups excluding carboxylic acids is 2. The quantitative estimate of drug-likeness (QED) is 0.404. The monoisotopic (exact) mass is 645 g/mol. The van der Waals surface area contributed by atoms with E-state index in [1.807, 2.05) is 30.3 Å². The molecule has 0 spiro atoms. The molecule has 0 N–H and O–H groups in total. The Morgan fingerprint density at radius 2 is 1.84 bits per heavy atom. The van der Waals surface area contributed by atoms with Crippen molar-refractivity contribution in [3.63, 3.8) is 0 Å². The number of aromatic nitrogens is 1. The average Bonchev–Trinajstić information content (AvgIpc) is 3.30. The van der Waals surface area contributed by atoms with Crippen molar-refractivity contribution in [3.8, 4) is 5.75 Å². The molecule has 0 fully saturated rings. The number of hydrogen-bond acceptors (Lipinski definition) is 7. The van der Waals surface area contributed by atoms with E-state index in [9.17, 15) is 14.4 Å². The zero-order chi connectivity index (χ0) is 26.6. The summed E-state index contributed by atoms with van der Waals surface area (Å²) in [4.78, 5) is 47.2. The van der Waals surface area contributed by atoms with Gasteiger partial charge in [-0.05, 0) is 50.2 Å². The molecule has 2 aliphatic heterocycles. The number of amides is 1. The molecule has 190 valence electrons. The summed E-state index contributed by atoms with van der Waals surface area (Å²) in [6.07, 6.45) is 0. The van der Waals surface area contributed by atoms with Crippen LogP contribution in [-0.4, -0.2) is 37.2 Å². The maximum atomic E-state index is 14.1. The number of methoxy groups -OCH3 is 1. The summed E-state index contributed by atoms with van der Waals surface area (Å²) in [7, 11) is 3.21. The minimum absolute atomic E-state index is 0.166. The maximum absolute atomic E-state index is 14.1. The van der Waals surface area contributed by atoms with Crippen LogP contribution in [0, 0.1) is 0 Å². The Morgan fingerprint density at radius 3 is 2.54 bits per heavy atom. The molecule has 2 aromatic carbocycles. The highest BCUT2D eigenvalue weighted by atomic mass is 79.9. The molecule has 0 bridgehead atoms. The van der Waals surface area contributed by atoms with Crippen LogP contribution >= 0.6 is 43.2 Å². The highest BCUT2D eigenvalue weighted by Crippen LogP contribution is 2.38. The van der Waals surface area contributed by atoms with Gasteiger partial charge in [0.2, 0.25) is 0 Å². The fraction of sp³-hybridized carbons (Fsp3) is 0.231. The van der Waals surface area contributed by atoms with Crippen LogP contribution in [0.3, 0.4) is 0 Å². The lowest BCUT2D eigenvalue weighted by molar-refractivity contribution is -0.139. The van der Waals surface area contributed by atoms with Crippen molar-refractivity contribution in [2.45, 2.75) is 19.9 Å². The predicted molar refractivity (Wildman–Crippen MR) is 148 cm³/mol. The van der Waals surface area contributed by atoms with Gasteiger partial charge < -0.3 is 14.4 Å². The van der Waals surface area contributed by atoms with Crippen LogP contribution in [0.5, 0.6) is 5.75 Å². The van der Waals surface area contributed by atoms with E-state index in [0.717, 1.165) is 20.3 Å². The Hall–Kier alpha value is -3.02. The number of anilines is 1. The molecular weight excluding hydrogens is 626 g/mol. The van der Waals surface area contributed by atoms with Crippen LogP contribution in [0.2, 0.25) is 0 Å². The third kappa shape index (κ3) is 4.09. The number of esters is 1. The first-order valence-corrected chi connectivity index (χ1v) is 13.7. The highest BCUT2D eigenvalue weighted by Gasteiger charge is 2.37. The lowest BCUT2D eigenvalue weighted by Gasteiger charge is -2.26. The Labute approximate surface area is 232 Å². The van der Waals surface area contributed by atoms with Gasteiger partial charge in [-0.15, -0.1) is 0 Å². The van der Waals surface area contributed by atoms with Crippen LogP contribution in [-0.2, 0) is 14.3 Å². The maximum Gasteiger partial charge on any atom is 0.338 e. The first-order valence-electron chi connectivity index (χ1n) is 11.3. The molecule has 0 saturated carbocycles. The van der Waals surface area contributed by atoms with Crippen molar-refractivity contribution in [2.75, 3.05) is 25.7 Å². The van der Waals surface area contributed by atoms with Crippen LogP contribution in [0.25, 0.3) is 5.57 Å². The van der Waals surface area contributed by atoms with Gasteiger partial charge in [-0.3, -0.25) is 14.2 Å². The SMILES string of the molecule is CCOC(=O)C1=C(C)N=c2s/c(=C3/C(=O)N(C)c4ccc(Br)cc43)c(=O)n2[C@@H]1c1cc(Br)ccc1OC. The zero-order valence-corrected chi connectivity index (χ0v) is 24.3. The number of fused-ring (bicyclic) bond motifs is 2.